The molecule has 0 amide bonds. The van der Waals surface area contributed by atoms with Gasteiger partial charge in [0, 0.05) is 29.6 Å². The maximum absolute atomic E-state index is 3.76. The van der Waals surface area contributed by atoms with E-state index in [1.807, 2.05) is 0 Å². The smallest absolute Gasteiger partial charge is 0.0516 e. The van der Waals surface area contributed by atoms with Crippen LogP contribution in [-0.2, 0) is 0 Å². The molecule has 0 saturated carbocycles. The van der Waals surface area contributed by atoms with E-state index in [9.17, 15) is 0 Å². The number of hydrogen-bond donors (Lipinski definition) is 1. The number of nitrogens with one attached hydrogen (secondary N) is 1. The van der Waals surface area contributed by atoms with Gasteiger partial charge in [-0.2, -0.15) is 0 Å². The zero-order valence-electron chi connectivity index (χ0n) is 14.0. The van der Waals surface area contributed by atoms with Crippen LogP contribution in [0, 0.1) is 18.8 Å². The summed E-state index contributed by atoms with van der Waals surface area (Å²) in [6.07, 6.45) is 1.24. The Bertz CT molecular complexity index is 470. The lowest BCUT2D eigenvalue weighted by molar-refractivity contribution is 0.310. The molecule has 1 heterocycles. The molecule has 1 N–H and O–H groups in total. The van der Waals surface area contributed by atoms with Gasteiger partial charge in [-0.25, -0.2) is 0 Å². The van der Waals surface area contributed by atoms with Gasteiger partial charge in [0.2, 0.25) is 0 Å². The fraction of sp³-hybridized carbons (Fsp3) is 0.667. The number of rotatable bonds is 4. The van der Waals surface area contributed by atoms with E-state index in [1.165, 1.54) is 22.1 Å². The summed E-state index contributed by atoms with van der Waals surface area (Å²) >= 11 is 3.75. The summed E-state index contributed by atoms with van der Waals surface area (Å²) in [6, 6.07) is 7.82. The number of benzene rings is 1. The van der Waals surface area contributed by atoms with Gasteiger partial charge in [-0.05, 0) is 58.8 Å². The van der Waals surface area contributed by atoms with Gasteiger partial charge in [0.05, 0.1) is 5.69 Å². The Morgan fingerprint density at radius 2 is 2.00 bits per heavy atom. The van der Waals surface area contributed by atoms with Gasteiger partial charge in [0.15, 0.2) is 0 Å². The van der Waals surface area contributed by atoms with Crippen molar-refractivity contribution >= 4 is 21.6 Å². The molecule has 0 aromatic heterocycles. The molecule has 1 aromatic rings. The number of nitrogens with zero attached hydrogens (tertiary/aromatic N) is 1. The molecule has 2 atom stereocenters. The van der Waals surface area contributed by atoms with Crippen LogP contribution in [0.5, 0.6) is 0 Å². The lowest BCUT2D eigenvalue weighted by Gasteiger charge is -2.44. The minimum Gasteiger partial charge on any atom is -0.365 e. The second kappa shape index (κ2) is 7.15. The van der Waals surface area contributed by atoms with Crippen molar-refractivity contribution in [3.05, 3.63) is 28.2 Å². The molecule has 0 radical (unpaired) electrons. The summed E-state index contributed by atoms with van der Waals surface area (Å²) < 4.78 is 1.21. The Balaban J connectivity index is 2.27. The van der Waals surface area contributed by atoms with Gasteiger partial charge in [0.1, 0.15) is 0 Å². The first-order chi connectivity index (χ1) is 9.88. The van der Waals surface area contributed by atoms with E-state index in [4.69, 9.17) is 0 Å². The van der Waals surface area contributed by atoms with E-state index in [1.54, 1.807) is 0 Å². The van der Waals surface area contributed by atoms with Crippen LogP contribution in [0.3, 0.4) is 0 Å². The number of hydrogen-bond acceptors (Lipinski definition) is 2. The molecule has 0 aliphatic carbocycles. The Kier molecular flexibility index (Phi) is 5.73. The Hall–Kier alpha value is -0.540. The normalized spacial score (nSPS) is 23.1. The van der Waals surface area contributed by atoms with Gasteiger partial charge in [0.25, 0.3) is 0 Å². The van der Waals surface area contributed by atoms with E-state index in [2.05, 4.69) is 79.0 Å². The predicted octanol–water partition coefficient (Wildman–Crippen LogP) is 4.61. The minimum atomic E-state index is 0.562. The van der Waals surface area contributed by atoms with E-state index in [0.29, 0.717) is 18.0 Å². The summed E-state index contributed by atoms with van der Waals surface area (Å²) in [5, 5.41) is 3.76. The van der Waals surface area contributed by atoms with Crippen molar-refractivity contribution in [2.24, 2.45) is 11.8 Å². The second-order valence-corrected chi connectivity index (χ2v) is 8.01. The average molecular weight is 353 g/mol. The molecule has 1 aliphatic heterocycles. The van der Waals surface area contributed by atoms with E-state index >= 15 is 0 Å². The zero-order valence-corrected chi connectivity index (χ0v) is 15.6. The van der Waals surface area contributed by atoms with Crippen molar-refractivity contribution in [3.8, 4) is 0 Å². The minimum absolute atomic E-state index is 0.562. The van der Waals surface area contributed by atoms with Gasteiger partial charge < -0.3 is 10.2 Å². The van der Waals surface area contributed by atoms with Crippen LogP contribution in [0.2, 0.25) is 0 Å². The maximum atomic E-state index is 3.76. The molecule has 2 rings (SSSR count). The third-order valence-corrected chi connectivity index (χ3v) is 5.04. The molecule has 1 saturated heterocycles. The topological polar surface area (TPSA) is 15.3 Å². The molecule has 1 aromatic carbocycles. The van der Waals surface area contributed by atoms with Gasteiger partial charge in [-0.15, -0.1) is 0 Å². The van der Waals surface area contributed by atoms with Crippen molar-refractivity contribution in [1.29, 1.82) is 0 Å². The van der Waals surface area contributed by atoms with Crippen molar-refractivity contribution in [2.45, 2.75) is 53.1 Å². The van der Waals surface area contributed by atoms with Crippen molar-refractivity contribution in [2.75, 3.05) is 18.0 Å². The highest BCUT2D eigenvalue weighted by Crippen LogP contribution is 2.32. The van der Waals surface area contributed by atoms with Crippen LogP contribution in [0.25, 0.3) is 0 Å². The molecule has 3 heteroatoms. The number of halogens is 1. The van der Waals surface area contributed by atoms with E-state index in [0.717, 1.165) is 19.0 Å². The quantitative estimate of drug-likeness (QED) is 0.851. The largest absolute Gasteiger partial charge is 0.365 e. The molecule has 21 heavy (non-hydrogen) atoms. The summed E-state index contributed by atoms with van der Waals surface area (Å²) in [6.45, 7) is 13.6. The Labute approximate surface area is 138 Å². The summed E-state index contributed by atoms with van der Waals surface area (Å²) in [5.74, 6) is 1.38. The van der Waals surface area contributed by atoms with Crippen LogP contribution < -0.4 is 10.2 Å². The molecule has 1 aliphatic rings. The third-order valence-electron chi connectivity index (χ3n) is 4.37. The van der Waals surface area contributed by atoms with Crippen LogP contribution in [0.4, 0.5) is 5.69 Å². The SMILES string of the molecule is Cc1ccc(Br)c(N2CC(CC(C)C)NCC2C(C)C)c1. The highest BCUT2D eigenvalue weighted by Gasteiger charge is 2.31. The first-order valence-corrected chi connectivity index (χ1v) is 8.94. The number of anilines is 1. The van der Waals surface area contributed by atoms with Gasteiger partial charge in [-0.1, -0.05) is 33.8 Å². The van der Waals surface area contributed by atoms with Crippen LogP contribution in [0.1, 0.15) is 39.7 Å². The van der Waals surface area contributed by atoms with Crippen LogP contribution in [-0.4, -0.2) is 25.2 Å². The molecular formula is C18H29BrN2. The summed E-state index contributed by atoms with van der Waals surface area (Å²) in [7, 11) is 0. The van der Waals surface area contributed by atoms with Crippen molar-refractivity contribution in [1.82, 2.24) is 5.32 Å². The summed E-state index contributed by atoms with van der Waals surface area (Å²) in [4.78, 5) is 2.62. The zero-order chi connectivity index (χ0) is 15.6. The predicted molar refractivity (Wildman–Crippen MR) is 96.1 cm³/mol. The standard InChI is InChI=1S/C18H29BrN2/c1-12(2)8-15-11-21(18(10-20-15)13(3)4)17-9-14(5)6-7-16(17)19/h6-7,9,12-13,15,18,20H,8,10-11H2,1-5H3. The molecule has 2 nitrogen and oxygen atoms in total. The molecule has 0 spiro atoms. The monoisotopic (exact) mass is 352 g/mol. The van der Waals surface area contributed by atoms with Crippen LogP contribution >= 0.6 is 15.9 Å². The maximum Gasteiger partial charge on any atom is 0.0516 e. The van der Waals surface area contributed by atoms with Crippen molar-refractivity contribution < 1.29 is 0 Å². The van der Waals surface area contributed by atoms with E-state index in [-0.39, 0.29) is 0 Å². The lowest BCUT2D eigenvalue weighted by Crippen LogP contribution is -2.58. The molecule has 0 bridgehead atoms. The Morgan fingerprint density at radius 3 is 2.62 bits per heavy atom. The molecule has 118 valence electrons. The van der Waals surface area contributed by atoms with Gasteiger partial charge >= 0.3 is 0 Å². The first kappa shape index (κ1) is 16.8. The lowest BCUT2D eigenvalue weighted by atomic mass is 9.94. The first-order valence-electron chi connectivity index (χ1n) is 8.14. The average Bonchev–Trinajstić information content (AvgIpc) is 2.40. The summed E-state index contributed by atoms with van der Waals surface area (Å²) in [5.41, 5.74) is 2.68. The van der Waals surface area contributed by atoms with Crippen LogP contribution in [0.15, 0.2) is 22.7 Å². The third kappa shape index (κ3) is 4.23. The molecule has 1 fully saturated rings. The second-order valence-electron chi connectivity index (χ2n) is 7.15. The highest BCUT2D eigenvalue weighted by molar-refractivity contribution is 9.10. The fourth-order valence-electron chi connectivity index (χ4n) is 3.28. The van der Waals surface area contributed by atoms with Gasteiger partial charge in [-0.3, -0.25) is 0 Å². The van der Waals surface area contributed by atoms with E-state index < -0.39 is 0 Å². The van der Waals surface area contributed by atoms with Crippen molar-refractivity contribution in [3.63, 3.8) is 0 Å². The number of piperazine rings is 1. The Morgan fingerprint density at radius 1 is 1.29 bits per heavy atom. The number of aryl methyl sites for hydroxylation is 1. The highest BCUT2D eigenvalue weighted by atomic mass is 79.9. The molecular weight excluding hydrogens is 324 g/mol. The fourth-order valence-corrected chi connectivity index (χ4v) is 3.75. The molecule has 2 unspecified atom stereocenters.